The first kappa shape index (κ1) is 8.50. The zero-order valence-corrected chi connectivity index (χ0v) is 6.62. The first-order chi connectivity index (χ1) is 5.43. The molecule has 0 saturated carbocycles. The summed E-state index contributed by atoms with van der Waals surface area (Å²) in [7, 11) is 0. The van der Waals surface area contributed by atoms with Crippen molar-refractivity contribution >= 4 is 0 Å². The maximum Gasteiger partial charge on any atom is 0.0650 e. The van der Waals surface area contributed by atoms with Crippen molar-refractivity contribution in [2.75, 3.05) is 19.8 Å². The summed E-state index contributed by atoms with van der Waals surface area (Å²) in [5, 5.41) is 8.46. The molecular weight excluding hydrogens is 140 g/mol. The van der Waals surface area contributed by atoms with Gasteiger partial charge in [0.05, 0.1) is 19.8 Å². The highest BCUT2D eigenvalue weighted by Crippen LogP contribution is 2.11. The van der Waals surface area contributed by atoms with Gasteiger partial charge in [-0.1, -0.05) is 23.8 Å². The van der Waals surface area contributed by atoms with E-state index in [1.54, 1.807) is 6.08 Å². The van der Waals surface area contributed by atoms with Gasteiger partial charge in [-0.05, 0) is 12.8 Å². The first-order valence-corrected chi connectivity index (χ1v) is 3.95. The van der Waals surface area contributed by atoms with Gasteiger partial charge in [0.1, 0.15) is 0 Å². The van der Waals surface area contributed by atoms with Gasteiger partial charge in [-0.25, -0.2) is 0 Å². The third kappa shape index (κ3) is 3.35. The van der Waals surface area contributed by atoms with Gasteiger partial charge in [0.15, 0.2) is 0 Å². The van der Waals surface area contributed by atoms with Crippen LogP contribution in [0.2, 0.25) is 0 Å². The third-order valence-corrected chi connectivity index (χ3v) is 1.71. The normalized spacial score (nSPS) is 18.8. The number of hydrogen-bond donors (Lipinski definition) is 1. The Bertz CT molecular complexity index is 159. The van der Waals surface area contributed by atoms with E-state index in [2.05, 4.69) is 6.08 Å². The lowest BCUT2D eigenvalue weighted by Gasteiger charge is -2.10. The number of hydrogen-bond acceptors (Lipinski definition) is 2. The van der Waals surface area contributed by atoms with E-state index in [1.165, 1.54) is 5.57 Å². The summed E-state index contributed by atoms with van der Waals surface area (Å²) in [5.41, 5.74) is 1.42. The molecule has 1 N–H and O–H groups in total. The molecule has 0 atom stereocenters. The maximum absolute atomic E-state index is 8.46. The molecule has 62 valence electrons. The Hall–Kier alpha value is -0.600. The third-order valence-electron chi connectivity index (χ3n) is 1.71. The summed E-state index contributed by atoms with van der Waals surface area (Å²) in [6, 6.07) is 0. The predicted octanol–water partition coefficient (Wildman–Crippen LogP) is 1.27. The molecule has 0 unspecified atom stereocenters. The predicted molar refractivity (Wildman–Crippen MR) is 44.4 cm³/mol. The van der Waals surface area contributed by atoms with Crippen LogP contribution in [-0.2, 0) is 4.74 Å². The molecule has 0 amide bonds. The molecule has 1 heterocycles. The minimum absolute atomic E-state index is 0.143. The molecule has 0 aromatic heterocycles. The number of rotatable bonds is 3. The molecule has 2 nitrogen and oxygen atoms in total. The average molecular weight is 154 g/mol. The Kier molecular flexibility index (Phi) is 3.94. The van der Waals surface area contributed by atoms with Crippen molar-refractivity contribution in [2.24, 2.45) is 0 Å². The van der Waals surface area contributed by atoms with Crippen LogP contribution in [0.25, 0.3) is 0 Å². The molecular formula is C9H14O2. The van der Waals surface area contributed by atoms with E-state index in [0.29, 0.717) is 0 Å². The van der Waals surface area contributed by atoms with E-state index in [0.717, 1.165) is 26.1 Å². The van der Waals surface area contributed by atoms with Gasteiger partial charge in [-0.2, -0.15) is 0 Å². The topological polar surface area (TPSA) is 29.5 Å². The van der Waals surface area contributed by atoms with Crippen LogP contribution in [0.1, 0.15) is 12.8 Å². The molecule has 0 bridgehead atoms. The van der Waals surface area contributed by atoms with Crippen LogP contribution < -0.4 is 0 Å². The molecule has 0 radical (unpaired) electrons. The lowest BCUT2D eigenvalue weighted by molar-refractivity contribution is 0.154. The summed E-state index contributed by atoms with van der Waals surface area (Å²) >= 11 is 0. The van der Waals surface area contributed by atoms with E-state index in [-0.39, 0.29) is 6.61 Å². The summed E-state index contributed by atoms with van der Waals surface area (Å²) < 4.78 is 5.16. The van der Waals surface area contributed by atoms with E-state index in [1.807, 2.05) is 6.08 Å². The Morgan fingerprint density at radius 3 is 3.09 bits per heavy atom. The van der Waals surface area contributed by atoms with Crippen LogP contribution in [0.3, 0.4) is 0 Å². The molecule has 11 heavy (non-hydrogen) atoms. The smallest absolute Gasteiger partial charge is 0.0650 e. The highest BCUT2D eigenvalue weighted by atomic mass is 16.5. The lowest BCUT2D eigenvalue weighted by atomic mass is 10.1. The van der Waals surface area contributed by atoms with Gasteiger partial charge in [-0.3, -0.25) is 0 Å². The molecule has 0 aliphatic carbocycles. The van der Waals surface area contributed by atoms with Crippen LogP contribution in [0.4, 0.5) is 0 Å². The first-order valence-electron chi connectivity index (χ1n) is 3.95. The SMILES string of the molecule is OC/C=C/CC1=CCOCC1. The van der Waals surface area contributed by atoms with Crippen molar-refractivity contribution in [2.45, 2.75) is 12.8 Å². The summed E-state index contributed by atoms with van der Waals surface area (Å²) in [6.45, 7) is 1.74. The second-order valence-electron chi connectivity index (χ2n) is 2.55. The zero-order chi connectivity index (χ0) is 7.94. The van der Waals surface area contributed by atoms with Gasteiger partial charge in [0.25, 0.3) is 0 Å². The molecule has 0 aromatic rings. The van der Waals surface area contributed by atoms with Gasteiger partial charge in [0, 0.05) is 0 Å². The standard InChI is InChI=1S/C9H14O2/c10-6-2-1-3-9-4-7-11-8-5-9/h1-2,4,10H,3,5-8H2/b2-1+. The van der Waals surface area contributed by atoms with Crippen LogP contribution >= 0.6 is 0 Å². The number of aliphatic hydroxyl groups is 1. The minimum atomic E-state index is 0.143. The van der Waals surface area contributed by atoms with Crippen LogP contribution in [-0.4, -0.2) is 24.9 Å². The Labute approximate surface area is 67.2 Å². The van der Waals surface area contributed by atoms with Gasteiger partial charge in [-0.15, -0.1) is 0 Å². The Morgan fingerprint density at radius 2 is 2.45 bits per heavy atom. The fourth-order valence-electron chi connectivity index (χ4n) is 1.06. The van der Waals surface area contributed by atoms with Crippen molar-refractivity contribution in [3.8, 4) is 0 Å². The van der Waals surface area contributed by atoms with Crippen molar-refractivity contribution in [1.82, 2.24) is 0 Å². The average Bonchev–Trinajstić information content (AvgIpc) is 2.07. The van der Waals surface area contributed by atoms with Crippen LogP contribution in [0, 0.1) is 0 Å². The van der Waals surface area contributed by atoms with Gasteiger partial charge >= 0.3 is 0 Å². The van der Waals surface area contributed by atoms with E-state index < -0.39 is 0 Å². The summed E-state index contributed by atoms with van der Waals surface area (Å²) in [5.74, 6) is 0. The van der Waals surface area contributed by atoms with Gasteiger partial charge < -0.3 is 9.84 Å². The van der Waals surface area contributed by atoms with E-state index in [4.69, 9.17) is 9.84 Å². The largest absolute Gasteiger partial charge is 0.392 e. The van der Waals surface area contributed by atoms with Crippen molar-refractivity contribution in [1.29, 1.82) is 0 Å². The molecule has 0 spiro atoms. The lowest BCUT2D eigenvalue weighted by Crippen LogP contribution is -2.03. The molecule has 0 saturated heterocycles. The van der Waals surface area contributed by atoms with E-state index >= 15 is 0 Å². The molecule has 0 aromatic carbocycles. The minimum Gasteiger partial charge on any atom is -0.392 e. The van der Waals surface area contributed by atoms with Crippen molar-refractivity contribution in [3.63, 3.8) is 0 Å². The Balaban J connectivity index is 2.24. The second-order valence-corrected chi connectivity index (χ2v) is 2.55. The fourth-order valence-corrected chi connectivity index (χ4v) is 1.06. The Morgan fingerprint density at radius 1 is 1.55 bits per heavy atom. The molecule has 0 fully saturated rings. The monoisotopic (exact) mass is 154 g/mol. The fraction of sp³-hybridized carbons (Fsp3) is 0.556. The van der Waals surface area contributed by atoms with Crippen molar-refractivity contribution < 1.29 is 9.84 Å². The highest BCUT2D eigenvalue weighted by Gasteiger charge is 2.00. The molecule has 1 aliphatic heterocycles. The number of allylic oxidation sites excluding steroid dienone is 1. The maximum atomic E-state index is 8.46. The highest BCUT2D eigenvalue weighted by molar-refractivity contribution is 5.09. The second kappa shape index (κ2) is 5.10. The zero-order valence-electron chi connectivity index (χ0n) is 6.62. The summed E-state index contributed by atoms with van der Waals surface area (Å²) in [4.78, 5) is 0. The van der Waals surface area contributed by atoms with Gasteiger partial charge in [0.2, 0.25) is 0 Å². The van der Waals surface area contributed by atoms with Crippen LogP contribution in [0.5, 0.6) is 0 Å². The molecule has 1 aliphatic rings. The number of aliphatic hydroxyl groups excluding tert-OH is 1. The molecule has 2 heteroatoms. The van der Waals surface area contributed by atoms with E-state index in [9.17, 15) is 0 Å². The number of ether oxygens (including phenoxy) is 1. The van der Waals surface area contributed by atoms with Crippen molar-refractivity contribution in [3.05, 3.63) is 23.8 Å². The molecule has 1 rings (SSSR count). The summed E-state index contributed by atoms with van der Waals surface area (Å²) in [6.07, 6.45) is 7.89. The van der Waals surface area contributed by atoms with Crippen LogP contribution in [0.15, 0.2) is 23.8 Å². The quantitative estimate of drug-likeness (QED) is 0.620.